The molecule has 1 aliphatic heterocycles. The summed E-state index contributed by atoms with van der Waals surface area (Å²) in [6, 6.07) is 13.8. The third kappa shape index (κ3) is 3.54. The van der Waals surface area contributed by atoms with Crippen LogP contribution in [0.1, 0.15) is 24.8 Å². The van der Waals surface area contributed by atoms with Gasteiger partial charge in [0.05, 0.1) is 0 Å². The third-order valence-corrected chi connectivity index (χ3v) is 5.63. The van der Waals surface area contributed by atoms with E-state index in [0.717, 1.165) is 14.9 Å². The molecule has 1 N–H and O–H groups in total. The lowest BCUT2D eigenvalue weighted by Gasteiger charge is -2.25. The SMILES string of the molecule is CCC1(c2ccc(Cl)cc2)NC(=O)N(Cc2nc(-c3cccc(Br)c3)no2)C1=O. The molecule has 1 aromatic heterocycles. The molecule has 1 fully saturated rings. The molecule has 148 valence electrons. The van der Waals surface area contributed by atoms with E-state index in [1.165, 1.54) is 0 Å². The molecule has 0 aliphatic carbocycles. The van der Waals surface area contributed by atoms with E-state index < -0.39 is 11.6 Å². The number of halogens is 2. The van der Waals surface area contributed by atoms with Crippen LogP contribution in [0.15, 0.2) is 57.5 Å². The topological polar surface area (TPSA) is 88.3 Å². The maximum Gasteiger partial charge on any atom is 0.325 e. The third-order valence-electron chi connectivity index (χ3n) is 4.89. The Bertz CT molecular complexity index is 1090. The Labute approximate surface area is 180 Å². The van der Waals surface area contributed by atoms with E-state index in [9.17, 15) is 9.59 Å². The highest BCUT2D eigenvalue weighted by Gasteiger charge is 2.51. The number of benzene rings is 2. The molecule has 1 aliphatic rings. The Morgan fingerprint density at radius 1 is 1.21 bits per heavy atom. The number of aromatic nitrogens is 2. The van der Waals surface area contributed by atoms with Gasteiger partial charge in [0.25, 0.3) is 5.91 Å². The van der Waals surface area contributed by atoms with Crippen molar-refractivity contribution < 1.29 is 14.1 Å². The van der Waals surface area contributed by atoms with Crippen molar-refractivity contribution in [2.24, 2.45) is 0 Å². The second-order valence-corrected chi connectivity index (χ2v) is 7.96. The number of hydrogen-bond acceptors (Lipinski definition) is 5. The smallest absolute Gasteiger partial charge is 0.325 e. The molecule has 3 amide bonds. The molecule has 2 heterocycles. The average molecular weight is 476 g/mol. The van der Waals surface area contributed by atoms with Crippen molar-refractivity contribution in [2.45, 2.75) is 25.4 Å². The van der Waals surface area contributed by atoms with E-state index in [4.69, 9.17) is 16.1 Å². The molecule has 7 nitrogen and oxygen atoms in total. The number of nitrogens with one attached hydrogen (secondary N) is 1. The standard InChI is InChI=1S/C20H16BrClN4O3/c1-2-20(13-6-8-15(22)9-7-13)18(27)26(19(28)24-20)11-16-23-17(25-29-16)12-4-3-5-14(21)10-12/h3-10H,2,11H2,1H3,(H,24,28). The van der Waals surface area contributed by atoms with Crippen LogP contribution < -0.4 is 5.32 Å². The van der Waals surface area contributed by atoms with Gasteiger partial charge in [-0.1, -0.05) is 63.9 Å². The fraction of sp³-hybridized carbons (Fsp3) is 0.200. The highest BCUT2D eigenvalue weighted by molar-refractivity contribution is 9.10. The van der Waals surface area contributed by atoms with Crippen LogP contribution in [0.4, 0.5) is 4.79 Å². The van der Waals surface area contributed by atoms with Gasteiger partial charge in [0, 0.05) is 15.1 Å². The van der Waals surface area contributed by atoms with Crippen LogP contribution in [0.2, 0.25) is 5.02 Å². The quantitative estimate of drug-likeness (QED) is 0.549. The van der Waals surface area contributed by atoms with Crippen LogP contribution in [0.5, 0.6) is 0 Å². The van der Waals surface area contributed by atoms with Crippen LogP contribution in [0.25, 0.3) is 11.4 Å². The number of carbonyl (C=O) groups excluding carboxylic acids is 2. The Morgan fingerprint density at radius 2 is 1.97 bits per heavy atom. The predicted octanol–water partition coefficient (Wildman–Crippen LogP) is 4.51. The summed E-state index contributed by atoms with van der Waals surface area (Å²) in [5.41, 5.74) is 0.288. The molecule has 1 saturated heterocycles. The molecule has 0 saturated carbocycles. The molecule has 3 aromatic rings. The molecule has 0 spiro atoms. The first-order valence-corrected chi connectivity index (χ1v) is 10.1. The van der Waals surface area contributed by atoms with Crippen molar-refractivity contribution in [3.63, 3.8) is 0 Å². The molecule has 9 heteroatoms. The van der Waals surface area contributed by atoms with Crippen LogP contribution in [0, 0.1) is 0 Å². The van der Waals surface area contributed by atoms with E-state index in [1.807, 2.05) is 31.2 Å². The van der Waals surface area contributed by atoms with Crippen LogP contribution >= 0.6 is 27.5 Å². The van der Waals surface area contributed by atoms with E-state index in [2.05, 4.69) is 31.4 Å². The largest absolute Gasteiger partial charge is 0.337 e. The Balaban J connectivity index is 1.59. The highest BCUT2D eigenvalue weighted by Crippen LogP contribution is 2.34. The number of rotatable bonds is 5. The van der Waals surface area contributed by atoms with Crippen molar-refractivity contribution in [3.05, 3.63) is 69.5 Å². The lowest BCUT2D eigenvalue weighted by molar-refractivity contribution is -0.132. The van der Waals surface area contributed by atoms with Crippen LogP contribution in [-0.2, 0) is 16.9 Å². The minimum absolute atomic E-state index is 0.110. The van der Waals surface area contributed by atoms with E-state index in [-0.39, 0.29) is 18.3 Å². The van der Waals surface area contributed by atoms with Crippen LogP contribution in [0.3, 0.4) is 0 Å². The van der Waals surface area contributed by atoms with Gasteiger partial charge in [-0.25, -0.2) is 4.79 Å². The molecule has 1 atom stereocenters. The van der Waals surface area contributed by atoms with Gasteiger partial charge in [-0.05, 0) is 36.2 Å². The zero-order valence-corrected chi connectivity index (χ0v) is 17.7. The number of carbonyl (C=O) groups is 2. The maximum absolute atomic E-state index is 13.2. The Kier molecular flexibility index (Phi) is 5.14. The van der Waals surface area contributed by atoms with Gasteiger partial charge < -0.3 is 9.84 Å². The maximum atomic E-state index is 13.2. The van der Waals surface area contributed by atoms with Crippen molar-refractivity contribution in [1.29, 1.82) is 0 Å². The van der Waals surface area contributed by atoms with E-state index >= 15 is 0 Å². The molecule has 4 rings (SSSR count). The van der Waals surface area contributed by atoms with E-state index in [1.54, 1.807) is 24.3 Å². The van der Waals surface area contributed by atoms with Crippen molar-refractivity contribution in [3.8, 4) is 11.4 Å². The minimum atomic E-state index is -1.14. The fourth-order valence-electron chi connectivity index (χ4n) is 3.34. The molecule has 1 unspecified atom stereocenters. The second-order valence-electron chi connectivity index (χ2n) is 6.61. The molecule has 0 bridgehead atoms. The monoisotopic (exact) mass is 474 g/mol. The van der Waals surface area contributed by atoms with Gasteiger partial charge in [-0.2, -0.15) is 4.98 Å². The summed E-state index contributed by atoms with van der Waals surface area (Å²) < 4.78 is 6.15. The van der Waals surface area contributed by atoms with Crippen LogP contribution in [-0.4, -0.2) is 27.0 Å². The summed E-state index contributed by atoms with van der Waals surface area (Å²) in [5, 5.41) is 7.33. The van der Waals surface area contributed by atoms with Crippen molar-refractivity contribution >= 4 is 39.5 Å². The first kappa shape index (κ1) is 19.6. The summed E-state index contributed by atoms with van der Waals surface area (Å²) in [6.45, 7) is 1.73. The van der Waals surface area contributed by atoms with Gasteiger partial charge in [-0.3, -0.25) is 9.69 Å². The predicted molar refractivity (Wildman–Crippen MR) is 110 cm³/mol. The summed E-state index contributed by atoms with van der Waals surface area (Å²) >= 11 is 9.36. The number of hydrogen-bond donors (Lipinski definition) is 1. The van der Waals surface area contributed by atoms with Gasteiger partial charge >= 0.3 is 6.03 Å². The van der Waals surface area contributed by atoms with Crippen molar-refractivity contribution in [2.75, 3.05) is 0 Å². The first-order valence-electron chi connectivity index (χ1n) is 8.91. The number of amides is 3. The molecule has 2 aromatic carbocycles. The van der Waals surface area contributed by atoms with Gasteiger partial charge in [0.15, 0.2) is 0 Å². The summed E-state index contributed by atoms with van der Waals surface area (Å²) in [5.74, 6) is 0.189. The Hall–Kier alpha value is -2.71. The number of nitrogens with zero attached hydrogens (tertiary/aromatic N) is 3. The average Bonchev–Trinajstić information content (AvgIpc) is 3.28. The molecule has 29 heavy (non-hydrogen) atoms. The fourth-order valence-corrected chi connectivity index (χ4v) is 3.87. The number of urea groups is 1. The van der Waals surface area contributed by atoms with Gasteiger partial charge in [0.2, 0.25) is 11.7 Å². The molecular weight excluding hydrogens is 460 g/mol. The lowest BCUT2D eigenvalue weighted by atomic mass is 9.87. The van der Waals surface area contributed by atoms with E-state index in [0.29, 0.717) is 22.8 Å². The normalized spacial score (nSPS) is 18.9. The van der Waals surface area contributed by atoms with Gasteiger partial charge in [0.1, 0.15) is 12.1 Å². The molecular formula is C20H16BrClN4O3. The minimum Gasteiger partial charge on any atom is -0.337 e. The lowest BCUT2D eigenvalue weighted by Crippen LogP contribution is -2.43. The number of imide groups is 1. The summed E-state index contributed by atoms with van der Waals surface area (Å²) in [6.07, 6.45) is 0.392. The zero-order chi connectivity index (χ0) is 20.6. The summed E-state index contributed by atoms with van der Waals surface area (Å²) in [4.78, 5) is 31.2. The summed E-state index contributed by atoms with van der Waals surface area (Å²) in [7, 11) is 0. The highest BCUT2D eigenvalue weighted by atomic mass is 79.9. The second kappa shape index (κ2) is 7.61. The van der Waals surface area contributed by atoms with Crippen molar-refractivity contribution in [1.82, 2.24) is 20.4 Å². The Morgan fingerprint density at radius 3 is 2.66 bits per heavy atom. The molecule has 0 radical (unpaired) electrons. The van der Waals surface area contributed by atoms with Gasteiger partial charge in [-0.15, -0.1) is 0 Å². The zero-order valence-electron chi connectivity index (χ0n) is 15.4. The first-order chi connectivity index (χ1) is 13.9.